The molecule has 0 aliphatic carbocycles. The fourth-order valence-corrected chi connectivity index (χ4v) is 2.26. The Morgan fingerprint density at radius 3 is 2.80 bits per heavy atom. The van der Waals surface area contributed by atoms with Crippen LogP contribution in [0.4, 0.5) is 4.39 Å². The first-order valence-corrected chi connectivity index (χ1v) is 6.37. The van der Waals surface area contributed by atoms with E-state index in [2.05, 4.69) is 9.97 Å². The van der Waals surface area contributed by atoms with Gasteiger partial charge < -0.3 is 5.73 Å². The molecular weight excluding hydrogens is 253 g/mol. The van der Waals surface area contributed by atoms with Crippen LogP contribution in [-0.2, 0) is 0 Å². The minimum absolute atomic E-state index is 0.387. The molecule has 100 valence electrons. The van der Waals surface area contributed by atoms with Gasteiger partial charge in [-0.15, -0.1) is 0 Å². The number of nitrogens with zero attached hydrogens (tertiary/aromatic N) is 2. The van der Waals surface area contributed by atoms with Crippen molar-refractivity contribution in [2.24, 2.45) is 5.73 Å². The van der Waals surface area contributed by atoms with Crippen LogP contribution >= 0.6 is 0 Å². The van der Waals surface area contributed by atoms with Crippen LogP contribution in [-0.4, -0.2) is 9.97 Å². The molecule has 3 nitrogen and oxygen atoms in total. The van der Waals surface area contributed by atoms with E-state index in [9.17, 15) is 4.39 Å². The van der Waals surface area contributed by atoms with Gasteiger partial charge in [0.15, 0.2) is 0 Å². The number of pyridine rings is 2. The van der Waals surface area contributed by atoms with Crippen molar-refractivity contribution in [3.8, 4) is 0 Å². The Hall–Kier alpha value is -2.33. The van der Waals surface area contributed by atoms with Crippen LogP contribution in [0.3, 0.4) is 0 Å². The average molecular weight is 267 g/mol. The van der Waals surface area contributed by atoms with Crippen molar-refractivity contribution in [2.45, 2.75) is 13.0 Å². The van der Waals surface area contributed by atoms with Crippen molar-refractivity contribution < 1.29 is 4.39 Å². The van der Waals surface area contributed by atoms with Crippen LogP contribution in [0.25, 0.3) is 10.9 Å². The zero-order valence-electron chi connectivity index (χ0n) is 11.0. The SMILES string of the molecule is Cc1ccc2cc(C(N)c3ccncc3F)ccc2n1. The van der Waals surface area contributed by atoms with Gasteiger partial charge in [-0.25, -0.2) is 4.39 Å². The maximum absolute atomic E-state index is 13.7. The molecule has 2 heterocycles. The van der Waals surface area contributed by atoms with E-state index in [0.29, 0.717) is 5.56 Å². The molecule has 0 aliphatic heterocycles. The highest BCUT2D eigenvalue weighted by molar-refractivity contribution is 5.79. The molecule has 1 atom stereocenters. The van der Waals surface area contributed by atoms with Gasteiger partial charge in [0.1, 0.15) is 5.82 Å². The summed E-state index contributed by atoms with van der Waals surface area (Å²) in [5.41, 5.74) is 9.33. The van der Waals surface area contributed by atoms with Gasteiger partial charge in [0.05, 0.1) is 17.8 Å². The van der Waals surface area contributed by atoms with E-state index in [1.807, 2.05) is 37.3 Å². The van der Waals surface area contributed by atoms with Gasteiger partial charge in [0, 0.05) is 22.8 Å². The predicted molar refractivity (Wildman–Crippen MR) is 76.7 cm³/mol. The Labute approximate surface area is 116 Å². The van der Waals surface area contributed by atoms with Gasteiger partial charge in [-0.3, -0.25) is 9.97 Å². The molecule has 0 bridgehead atoms. The largest absolute Gasteiger partial charge is 0.320 e. The number of hydrogen-bond donors (Lipinski definition) is 1. The average Bonchev–Trinajstić information content (AvgIpc) is 2.46. The Bertz CT molecular complexity index is 771. The van der Waals surface area contributed by atoms with Crippen molar-refractivity contribution in [2.75, 3.05) is 0 Å². The zero-order valence-corrected chi connectivity index (χ0v) is 11.0. The molecule has 20 heavy (non-hydrogen) atoms. The quantitative estimate of drug-likeness (QED) is 0.776. The number of benzene rings is 1. The smallest absolute Gasteiger partial charge is 0.146 e. The third-order valence-electron chi connectivity index (χ3n) is 3.35. The molecule has 2 N–H and O–H groups in total. The minimum Gasteiger partial charge on any atom is -0.320 e. The lowest BCUT2D eigenvalue weighted by atomic mass is 9.98. The number of fused-ring (bicyclic) bond motifs is 1. The lowest BCUT2D eigenvalue weighted by Crippen LogP contribution is -2.13. The highest BCUT2D eigenvalue weighted by Gasteiger charge is 2.13. The van der Waals surface area contributed by atoms with E-state index < -0.39 is 6.04 Å². The third kappa shape index (κ3) is 2.26. The molecule has 0 spiro atoms. The van der Waals surface area contributed by atoms with Gasteiger partial charge >= 0.3 is 0 Å². The van der Waals surface area contributed by atoms with Crippen molar-refractivity contribution in [1.29, 1.82) is 0 Å². The monoisotopic (exact) mass is 267 g/mol. The third-order valence-corrected chi connectivity index (χ3v) is 3.35. The van der Waals surface area contributed by atoms with Crippen LogP contribution in [0, 0.1) is 12.7 Å². The van der Waals surface area contributed by atoms with Crippen LogP contribution in [0.5, 0.6) is 0 Å². The van der Waals surface area contributed by atoms with Crippen molar-refractivity contribution in [3.05, 3.63) is 71.4 Å². The molecule has 4 heteroatoms. The minimum atomic E-state index is -0.510. The molecule has 0 fully saturated rings. The molecule has 0 amide bonds. The van der Waals surface area contributed by atoms with E-state index >= 15 is 0 Å². The molecule has 0 saturated carbocycles. The second-order valence-corrected chi connectivity index (χ2v) is 4.78. The first-order chi connectivity index (χ1) is 9.65. The Morgan fingerprint density at radius 1 is 1.15 bits per heavy atom. The number of halogens is 1. The van der Waals surface area contributed by atoms with Crippen LogP contribution < -0.4 is 5.73 Å². The lowest BCUT2D eigenvalue weighted by molar-refractivity contribution is 0.593. The fraction of sp³-hybridized carbons (Fsp3) is 0.125. The van der Waals surface area contributed by atoms with Crippen molar-refractivity contribution in [3.63, 3.8) is 0 Å². The normalized spacial score (nSPS) is 12.6. The molecule has 0 saturated heterocycles. The number of hydrogen-bond acceptors (Lipinski definition) is 3. The van der Waals surface area contributed by atoms with Gasteiger partial charge in [-0.1, -0.05) is 12.1 Å². The molecular formula is C16H14FN3. The van der Waals surface area contributed by atoms with Gasteiger partial charge in [-0.05, 0) is 36.8 Å². The Kier molecular flexibility index (Phi) is 3.16. The molecule has 0 aliphatic rings. The topological polar surface area (TPSA) is 51.8 Å². The maximum Gasteiger partial charge on any atom is 0.146 e. The lowest BCUT2D eigenvalue weighted by Gasteiger charge is -2.13. The second-order valence-electron chi connectivity index (χ2n) is 4.78. The maximum atomic E-state index is 13.7. The zero-order chi connectivity index (χ0) is 14.1. The Balaban J connectivity index is 2.06. The summed E-state index contributed by atoms with van der Waals surface area (Å²) in [6.07, 6.45) is 2.73. The van der Waals surface area contributed by atoms with Gasteiger partial charge in [0.2, 0.25) is 0 Å². The fourth-order valence-electron chi connectivity index (χ4n) is 2.26. The predicted octanol–water partition coefficient (Wildman–Crippen LogP) is 3.13. The van der Waals surface area contributed by atoms with Crippen LogP contribution in [0.1, 0.15) is 22.9 Å². The van der Waals surface area contributed by atoms with E-state index in [4.69, 9.17) is 5.73 Å². The first-order valence-electron chi connectivity index (χ1n) is 6.37. The summed E-state index contributed by atoms with van der Waals surface area (Å²) in [4.78, 5) is 8.18. The summed E-state index contributed by atoms with van der Waals surface area (Å²) in [6, 6.07) is 10.8. The van der Waals surface area contributed by atoms with E-state index in [0.717, 1.165) is 22.2 Å². The van der Waals surface area contributed by atoms with Gasteiger partial charge in [-0.2, -0.15) is 0 Å². The summed E-state index contributed by atoms with van der Waals surface area (Å²) >= 11 is 0. The first kappa shape index (κ1) is 12.7. The van der Waals surface area contributed by atoms with Crippen molar-refractivity contribution in [1.82, 2.24) is 9.97 Å². The summed E-state index contributed by atoms with van der Waals surface area (Å²) < 4.78 is 13.7. The Morgan fingerprint density at radius 2 is 2.00 bits per heavy atom. The van der Waals surface area contributed by atoms with Gasteiger partial charge in [0.25, 0.3) is 0 Å². The molecule has 1 aromatic carbocycles. The second kappa shape index (κ2) is 4.98. The van der Waals surface area contributed by atoms with E-state index in [1.54, 1.807) is 12.3 Å². The van der Waals surface area contributed by atoms with Crippen LogP contribution in [0.15, 0.2) is 48.8 Å². The van der Waals surface area contributed by atoms with E-state index in [1.165, 1.54) is 6.20 Å². The molecule has 0 radical (unpaired) electrons. The highest BCUT2D eigenvalue weighted by Crippen LogP contribution is 2.24. The number of rotatable bonds is 2. The number of nitrogens with two attached hydrogens (primary N) is 1. The van der Waals surface area contributed by atoms with Crippen LogP contribution in [0.2, 0.25) is 0 Å². The number of aromatic nitrogens is 2. The standard InChI is InChI=1S/C16H14FN3/c1-10-2-3-11-8-12(4-5-15(11)20-10)16(18)13-6-7-19-9-14(13)17/h2-9,16H,18H2,1H3. The highest BCUT2D eigenvalue weighted by atomic mass is 19.1. The summed E-state index contributed by atoms with van der Waals surface area (Å²) in [7, 11) is 0. The van der Waals surface area contributed by atoms with Crippen molar-refractivity contribution >= 4 is 10.9 Å². The summed E-state index contributed by atoms with van der Waals surface area (Å²) in [6.45, 7) is 1.95. The molecule has 2 aromatic heterocycles. The van der Waals surface area contributed by atoms with E-state index in [-0.39, 0.29) is 5.82 Å². The molecule has 3 aromatic rings. The number of aryl methyl sites for hydroxylation is 1. The summed E-state index contributed by atoms with van der Waals surface area (Å²) in [5.74, 6) is -0.387. The molecule has 3 rings (SSSR count). The summed E-state index contributed by atoms with van der Waals surface area (Å²) in [5, 5.41) is 0.998. The molecule has 1 unspecified atom stereocenters.